The molecule has 0 aliphatic heterocycles. The van der Waals surface area contributed by atoms with Crippen LogP contribution >= 0.6 is 23.8 Å². The molecule has 0 aromatic heterocycles. The molecule has 3 nitrogen and oxygen atoms in total. The van der Waals surface area contributed by atoms with Crippen molar-refractivity contribution < 1.29 is 13.5 Å². The van der Waals surface area contributed by atoms with Crippen LogP contribution < -0.4 is 15.4 Å². The van der Waals surface area contributed by atoms with E-state index in [9.17, 15) is 8.78 Å². The summed E-state index contributed by atoms with van der Waals surface area (Å²) in [7, 11) is 1.37. The molecule has 0 saturated heterocycles. The minimum absolute atomic E-state index is 0.0155. The fourth-order valence-electron chi connectivity index (χ4n) is 1.63. The van der Waals surface area contributed by atoms with Crippen LogP contribution in [0.5, 0.6) is 5.75 Å². The molecule has 0 aliphatic carbocycles. The molecule has 2 N–H and O–H groups in total. The Balaban J connectivity index is 2.08. The van der Waals surface area contributed by atoms with Gasteiger partial charge in [0.25, 0.3) is 0 Å². The maximum atomic E-state index is 13.7. The van der Waals surface area contributed by atoms with E-state index in [1.807, 2.05) is 0 Å². The van der Waals surface area contributed by atoms with Gasteiger partial charge in [0.2, 0.25) is 0 Å². The molecule has 2 aromatic carbocycles. The fourth-order valence-corrected chi connectivity index (χ4v) is 2.03. The van der Waals surface area contributed by atoms with Crippen molar-refractivity contribution in [1.29, 1.82) is 0 Å². The van der Waals surface area contributed by atoms with E-state index in [-0.39, 0.29) is 21.6 Å². The summed E-state index contributed by atoms with van der Waals surface area (Å²) >= 11 is 10.7. The predicted molar refractivity (Wildman–Crippen MR) is 84.2 cm³/mol. The van der Waals surface area contributed by atoms with Crippen molar-refractivity contribution in [3.63, 3.8) is 0 Å². The first-order valence-electron chi connectivity index (χ1n) is 5.87. The van der Waals surface area contributed by atoms with Gasteiger partial charge in [-0.05, 0) is 36.5 Å². The first kappa shape index (κ1) is 15.5. The summed E-state index contributed by atoms with van der Waals surface area (Å²) in [5.41, 5.74) is 0.544. The van der Waals surface area contributed by atoms with E-state index in [4.69, 9.17) is 28.6 Å². The van der Waals surface area contributed by atoms with Crippen molar-refractivity contribution in [3.05, 3.63) is 53.1 Å². The van der Waals surface area contributed by atoms with Gasteiger partial charge < -0.3 is 15.4 Å². The lowest BCUT2D eigenvalue weighted by Crippen LogP contribution is -2.19. The van der Waals surface area contributed by atoms with Crippen LogP contribution in [0.2, 0.25) is 5.02 Å². The number of halogens is 3. The molecule has 0 bridgehead atoms. The highest BCUT2D eigenvalue weighted by Crippen LogP contribution is 2.23. The van der Waals surface area contributed by atoms with Crippen LogP contribution in [0.3, 0.4) is 0 Å². The summed E-state index contributed by atoms with van der Waals surface area (Å²) in [5.74, 6) is -1.01. The molecule has 0 atom stereocenters. The number of rotatable bonds is 3. The molecule has 2 rings (SSSR count). The van der Waals surface area contributed by atoms with Crippen LogP contribution in [-0.2, 0) is 0 Å². The second-order valence-corrected chi connectivity index (χ2v) is 4.85. The number of ether oxygens (including phenoxy) is 1. The quantitative estimate of drug-likeness (QED) is 0.816. The number of benzene rings is 2. The standard InChI is InChI=1S/C14H11ClF2N2OS/c1-20-12-6-5-8(7-10(12)16)18-14(21)19-11-4-2-3-9(15)13(11)17/h2-7H,1H3,(H2,18,19,21). The molecule has 0 fully saturated rings. The van der Waals surface area contributed by atoms with E-state index in [0.29, 0.717) is 5.69 Å². The van der Waals surface area contributed by atoms with E-state index < -0.39 is 11.6 Å². The van der Waals surface area contributed by atoms with Crippen molar-refractivity contribution in [2.75, 3.05) is 17.7 Å². The molecule has 2 aromatic rings. The average molecular weight is 329 g/mol. The summed E-state index contributed by atoms with van der Waals surface area (Å²) in [6.45, 7) is 0. The predicted octanol–water partition coefficient (Wildman–Crippen LogP) is 4.44. The summed E-state index contributed by atoms with van der Waals surface area (Å²) < 4.78 is 32.1. The van der Waals surface area contributed by atoms with Crippen molar-refractivity contribution in [2.45, 2.75) is 0 Å². The van der Waals surface area contributed by atoms with Crippen LogP contribution in [0.25, 0.3) is 0 Å². The lowest BCUT2D eigenvalue weighted by molar-refractivity contribution is 0.387. The molecule has 0 unspecified atom stereocenters. The van der Waals surface area contributed by atoms with Gasteiger partial charge in [-0.15, -0.1) is 0 Å². The van der Waals surface area contributed by atoms with Gasteiger partial charge in [0.05, 0.1) is 17.8 Å². The Labute approximate surface area is 130 Å². The van der Waals surface area contributed by atoms with Crippen molar-refractivity contribution in [2.24, 2.45) is 0 Å². The smallest absolute Gasteiger partial charge is 0.175 e. The van der Waals surface area contributed by atoms with Gasteiger partial charge >= 0.3 is 0 Å². The maximum Gasteiger partial charge on any atom is 0.175 e. The van der Waals surface area contributed by atoms with Gasteiger partial charge in [-0.3, -0.25) is 0 Å². The molecule has 0 spiro atoms. The van der Waals surface area contributed by atoms with Gasteiger partial charge in [0, 0.05) is 11.8 Å². The normalized spacial score (nSPS) is 10.1. The summed E-state index contributed by atoms with van der Waals surface area (Å²) in [6.07, 6.45) is 0. The number of thiocarbonyl (C=S) groups is 1. The van der Waals surface area contributed by atoms with Gasteiger partial charge in [-0.2, -0.15) is 0 Å². The molecule has 0 heterocycles. The summed E-state index contributed by atoms with van der Waals surface area (Å²) in [4.78, 5) is 0. The van der Waals surface area contributed by atoms with Crippen LogP contribution in [-0.4, -0.2) is 12.2 Å². The number of hydrogen-bond acceptors (Lipinski definition) is 2. The monoisotopic (exact) mass is 328 g/mol. The van der Waals surface area contributed by atoms with Gasteiger partial charge in [0.1, 0.15) is 0 Å². The zero-order valence-corrected chi connectivity index (χ0v) is 12.5. The Morgan fingerprint density at radius 2 is 1.95 bits per heavy atom. The molecule has 0 amide bonds. The van der Waals surface area contributed by atoms with Gasteiger partial charge in [0.15, 0.2) is 22.5 Å². The van der Waals surface area contributed by atoms with E-state index in [1.54, 1.807) is 12.1 Å². The lowest BCUT2D eigenvalue weighted by atomic mass is 10.3. The number of nitrogens with one attached hydrogen (secondary N) is 2. The largest absolute Gasteiger partial charge is 0.494 e. The van der Waals surface area contributed by atoms with Crippen LogP contribution in [0.4, 0.5) is 20.2 Å². The molecule has 21 heavy (non-hydrogen) atoms. The number of methoxy groups -OCH3 is 1. The van der Waals surface area contributed by atoms with Crippen molar-refractivity contribution in [3.8, 4) is 5.75 Å². The zero-order valence-electron chi connectivity index (χ0n) is 10.9. The Hall–Kier alpha value is -1.92. The SMILES string of the molecule is COc1ccc(NC(=S)Nc2cccc(Cl)c2F)cc1F. The van der Waals surface area contributed by atoms with Crippen molar-refractivity contribution in [1.82, 2.24) is 0 Å². The van der Waals surface area contributed by atoms with E-state index >= 15 is 0 Å². The van der Waals surface area contributed by atoms with Gasteiger partial charge in [-0.1, -0.05) is 17.7 Å². The minimum Gasteiger partial charge on any atom is -0.494 e. The topological polar surface area (TPSA) is 33.3 Å². The lowest BCUT2D eigenvalue weighted by Gasteiger charge is -2.12. The Bertz CT molecular complexity index is 682. The molecule has 0 aliphatic rings. The van der Waals surface area contributed by atoms with E-state index in [1.165, 1.54) is 31.4 Å². The Morgan fingerprint density at radius 1 is 1.19 bits per heavy atom. The summed E-state index contributed by atoms with van der Waals surface area (Å²) in [6, 6.07) is 8.77. The highest BCUT2D eigenvalue weighted by atomic mass is 35.5. The van der Waals surface area contributed by atoms with Crippen molar-refractivity contribution >= 4 is 40.3 Å². The molecular formula is C14H11ClF2N2OS. The average Bonchev–Trinajstić information content (AvgIpc) is 2.44. The highest BCUT2D eigenvalue weighted by molar-refractivity contribution is 7.80. The Morgan fingerprint density at radius 3 is 2.62 bits per heavy atom. The van der Waals surface area contributed by atoms with Crippen LogP contribution in [0, 0.1) is 11.6 Å². The third-order valence-corrected chi connectivity index (χ3v) is 3.11. The van der Waals surface area contributed by atoms with E-state index in [2.05, 4.69) is 10.6 Å². The number of anilines is 2. The third-order valence-electron chi connectivity index (χ3n) is 2.61. The second-order valence-electron chi connectivity index (χ2n) is 4.03. The third kappa shape index (κ3) is 3.80. The number of hydrogen-bond donors (Lipinski definition) is 2. The molecule has 7 heteroatoms. The molecule has 0 saturated carbocycles. The highest BCUT2D eigenvalue weighted by Gasteiger charge is 2.09. The first-order chi connectivity index (χ1) is 10.0. The van der Waals surface area contributed by atoms with Gasteiger partial charge in [-0.25, -0.2) is 8.78 Å². The van der Waals surface area contributed by atoms with Crippen LogP contribution in [0.1, 0.15) is 0 Å². The first-order valence-corrected chi connectivity index (χ1v) is 6.65. The molecular weight excluding hydrogens is 318 g/mol. The molecule has 0 radical (unpaired) electrons. The zero-order chi connectivity index (χ0) is 15.4. The van der Waals surface area contributed by atoms with E-state index in [0.717, 1.165) is 0 Å². The summed E-state index contributed by atoms with van der Waals surface area (Å²) in [5, 5.41) is 5.50. The Kier molecular flexibility index (Phi) is 4.93. The maximum absolute atomic E-state index is 13.7. The molecule has 110 valence electrons. The van der Waals surface area contributed by atoms with Crippen LogP contribution in [0.15, 0.2) is 36.4 Å². The second kappa shape index (κ2) is 6.69. The minimum atomic E-state index is -0.607. The fraction of sp³-hybridized carbons (Fsp3) is 0.0714.